The maximum atomic E-state index is 12.9. The lowest BCUT2D eigenvalue weighted by atomic mass is 10.2. The Bertz CT molecular complexity index is 414. The van der Waals surface area contributed by atoms with Crippen LogP contribution in [0.25, 0.3) is 0 Å². The minimum absolute atomic E-state index is 0.177. The van der Waals surface area contributed by atoms with E-state index in [1.165, 1.54) is 13.2 Å². The van der Waals surface area contributed by atoms with Gasteiger partial charge in [-0.15, -0.1) is 0 Å². The van der Waals surface area contributed by atoms with E-state index < -0.39 is 10.7 Å². The Morgan fingerprint density at radius 3 is 2.89 bits per heavy atom. The van der Waals surface area contributed by atoms with Crippen LogP contribution < -0.4 is 5.32 Å². The molecule has 7 heteroatoms. The fraction of sp³-hybridized carbons (Fsp3) is 0.455. The van der Waals surface area contributed by atoms with Crippen molar-refractivity contribution in [1.29, 1.82) is 0 Å². The lowest BCUT2D eigenvalue weighted by molar-refractivity contribution is -0.384. The van der Waals surface area contributed by atoms with Gasteiger partial charge in [-0.2, -0.15) is 0 Å². The molecule has 0 heterocycles. The van der Waals surface area contributed by atoms with Crippen LogP contribution in [0.3, 0.4) is 0 Å². The van der Waals surface area contributed by atoms with Crippen molar-refractivity contribution < 1.29 is 19.2 Å². The van der Waals surface area contributed by atoms with Crippen LogP contribution in [-0.4, -0.2) is 36.4 Å². The summed E-state index contributed by atoms with van der Waals surface area (Å²) in [6, 6.07) is 2.87. The number of benzene rings is 1. The van der Waals surface area contributed by atoms with E-state index in [0.29, 0.717) is 13.0 Å². The highest BCUT2D eigenvalue weighted by Crippen LogP contribution is 2.25. The average molecular weight is 258 g/mol. The van der Waals surface area contributed by atoms with Gasteiger partial charge in [-0.1, -0.05) is 0 Å². The highest BCUT2D eigenvalue weighted by atomic mass is 19.1. The molecule has 18 heavy (non-hydrogen) atoms. The Morgan fingerprint density at radius 2 is 2.33 bits per heavy atom. The number of nitrogens with zero attached hydrogens (tertiary/aromatic N) is 1. The molecule has 0 aliphatic rings. The monoisotopic (exact) mass is 258 g/mol. The van der Waals surface area contributed by atoms with Crippen molar-refractivity contribution in [2.75, 3.05) is 25.6 Å². The number of nitro benzene ring substituents is 1. The highest BCUT2D eigenvalue weighted by molar-refractivity contribution is 5.61. The minimum atomic E-state index is -0.676. The lowest BCUT2D eigenvalue weighted by Gasteiger charge is -2.17. The van der Waals surface area contributed by atoms with Crippen LogP contribution in [0.4, 0.5) is 15.8 Å². The zero-order chi connectivity index (χ0) is 13.5. The van der Waals surface area contributed by atoms with Gasteiger partial charge in [0.25, 0.3) is 5.69 Å². The molecule has 0 amide bonds. The van der Waals surface area contributed by atoms with Gasteiger partial charge in [0, 0.05) is 13.7 Å². The van der Waals surface area contributed by atoms with Crippen molar-refractivity contribution in [2.45, 2.75) is 12.5 Å². The summed E-state index contributed by atoms with van der Waals surface area (Å²) in [5.41, 5.74) is -0.178. The zero-order valence-corrected chi connectivity index (χ0v) is 9.93. The summed E-state index contributed by atoms with van der Waals surface area (Å²) in [6.45, 7) is 0.213. The maximum Gasteiger partial charge on any atom is 0.295 e. The van der Waals surface area contributed by atoms with Gasteiger partial charge in [-0.05, 0) is 18.6 Å². The van der Waals surface area contributed by atoms with Crippen LogP contribution in [0, 0.1) is 15.9 Å². The number of nitrogens with one attached hydrogen (secondary N) is 1. The minimum Gasteiger partial charge on any atom is -0.394 e. The lowest BCUT2D eigenvalue weighted by Crippen LogP contribution is -2.25. The van der Waals surface area contributed by atoms with Gasteiger partial charge in [-0.3, -0.25) is 10.1 Å². The first-order valence-corrected chi connectivity index (χ1v) is 5.38. The predicted molar refractivity (Wildman–Crippen MR) is 64.0 cm³/mol. The topological polar surface area (TPSA) is 84.6 Å². The number of aliphatic hydroxyl groups excluding tert-OH is 1. The summed E-state index contributed by atoms with van der Waals surface area (Å²) in [5, 5.41) is 22.7. The molecule has 1 unspecified atom stereocenters. The number of nitro groups is 1. The van der Waals surface area contributed by atoms with Gasteiger partial charge in [0.05, 0.1) is 23.6 Å². The average Bonchev–Trinajstić information content (AvgIpc) is 2.35. The van der Waals surface area contributed by atoms with Crippen LogP contribution in [0.15, 0.2) is 18.2 Å². The van der Waals surface area contributed by atoms with Crippen LogP contribution in [-0.2, 0) is 4.74 Å². The molecular formula is C11H15FN2O4. The Hall–Kier alpha value is -1.73. The molecular weight excluding hydrogens is 243 g/mol. The van der Waals surface area contributed by atoms with E-state index >= 15 is 0 Å². The van der Waals surface area contributed by atoms with Crippen LogP contribution in [0.5, 0.6) is 0 Å². The number of rotatable bonds is 7. The Kier molecular flexibility index (Phi) is 5.47. The van der Waals surface area contributed by atoms with Gasteiger partial charge < -0.3 is 15.2 Å². The molecule has 1 rings (SSSR count). The second-order valence-corrected chi connectivity index (χ2v) is 3.72. The van der Waals surface area contributed by atoms with Gasteiger partial charge >= 0.3 is 0 Å². The van der Waals surface area contributed by atoms with E-state index in [1.54, 1.807) is 0 Å². The summed E-state index contributed by atoms with van der Waals surface area (Å²) in [5.74, 6) is -0.676. The molecule has 0 spiro atoms. The Balaban J connectivity index is 2.84. The summed E-state index contributed by atoms with van der Waals surface area (Å²) in [4.78, 5) is 10.1. The number of ether oxygens (including phenoxy) is 1. The van der Waals surface area contributed by atoms with Crippen molar-refractivity contribution in [3.63, 3.8) is 0 Å². The van der Waals surface area contributed by atoms with E-state index in [0.717, 1.165) is 12.1 Å². The second-order valence-electron chi connectivity index (χ2n) is 3.72. The van der Waals surface area contributed by atoms with Crippen LogP contribution >= 0.6 is 0 Å². The second kappa shape index (κ2) is 6.87. The van der Waals surface area contributed by atoms with Crippen molar-refractivity contribution in [1.82, 2.24) is 0 Å². The molecule has 0 saturated heterocycles. The summed E-state index contributed by atoms with van der Waals surface area (Å²) >= 11 is 0. The first kappa shape index (κ1) is 14.3. The zero-order valence-electron chi connectivity index (χ0n) is 9.93. The van der Waals surface area contributed by atoms with Gasteiger partial charge in [0.2, 0.25) is 0 Å². The fourth-order valence-electron chi connectivity index (χ4n) is 1.47. The normalized spacial score (nSPS) is 12.2. The molecule has 1 aromatic rings. The molecule has 0 bridgehead atoms. The number of hydrogen-bond donors (Lipinski definition) is 2. The van der Waals surface area contributed by atoms with E-state index in [-0.39, 0.29) is 24.0 Å². The molecule has 0 aliphatic carbocycles. The molecule has 0 aromatic heterocycles. The third-order valence-electron chi connectivity index (χ3n) is 2.41. The molecule has 100 valence electrons. The third-order valence-corrected chi connectivity index (χ3v) is 2.41. The SMILES string of the molecule is COCCC(CO)Nc1ccc(F)cc1[N+](=O)[O-]. The van der Waals surface area contributed by atoms with E-state index in [4.69, 9.17) is 9.84 Å². The fourth-order valence-corrected chi connectivity index (χ4v) is 1.47. The van der Waals surface area contributed by atoms with Crippen molar-refractivity contribution in [2.24, 2.45) is 0 Å². The van der Waals surface area contributed by atoms with Gasteiger partial charge in [0.1, 0.15) is 11.5 Å². The smallest absolute Gasteiger partial charge is 0.295 e. The molecule has 2 N–H and O–H groups in total. The molecule has 0 aliphatic heterocycles. The van der Waals surface area contributed by atoms with Gasteiger partial charge in [0.15, 0.2) is 0 Å². The number of hydrogen-bond acceptors (Lipinski definition) is 5. The first-order valence-electron chi connectivity index (χ1n) is 5.38. The maximum absolute atomic E-state index is 12.9. The summed E-state index contributed by atoms with van der Waals surface area (Å²) in [7, 11) is 1.52. The van der Waals surface area contributed by atoms with Crippen LogP contribution in [0.1, 0.15) is 6.42 Å². The largest absolute Gasteiger partial charge is 0.394 e. The first-order chi connectivity index (χ1) is 8.58. The molecule has 1 atom stereocenters. The highest BCUT2D eigenvalue weighted by Gasteiger charge is 2.17. The molecule has 6 nitrogen and oxygen atoms in total. The number of anilines is 1. The Morgan fingerprint density at radius 1 is 1.61 bits per heavy atom. The molecule has 0 radical (unpaired) electrons. The predicted octanol–water partition coefficient (Wildman–Crippen LogP) is 1.54. The van der Waals surface area contributed by atoms with Crippen molar-refractivity contribution in [3.05, 3.63) is 34.1 Å². The van der Waals surface area contributed by atoms with E-state index in [2.05, 4.69) is 5.32 Å². The van der Waals surface area contributed by atoms with E-state index in [1.807, 2.05) is 0 Å². The van der Waals surface area contributed by atoms with Crippen molar-refractivity contribution >= 4 is 11.4 Å². The number of halogens is 1. The molecule has 0 fully saturated rings. The van der Waals surface area contributed by atoms with Crippen molar-refractivity contribution in [3.8, 4) is 0 Å². The standard InChI is InChI=1S/C11H15FN2O4/c1-18-5-4-9(7-15)13-10-3-2-8(12)6-11(10)14(16)17/h2-3,6,9,13,15H,4-5,7H2,1H3. The summed E-state index contributed by atoms with van der Waals surface area (Å²) < 4.78 is 17.8. The van der Waals surface area contributed by atoms with Crippen LogP contribution in [0.2, 0.25) is 0 Å². The molecule has 1 aromatic carbocycles. The third kappa shape index (κ3) is 3.94. The number of aliphatic hydroxyl groups is 1. The number of methoxy groups -OCH3 is 1. The Labute approximate surface area is 104 Å². The van der Waals surface area contributed by atoms with Gasteiger partial charge in [-0.25, -0.2) is 4.39 Å². The summed E-state index contributed by atoms with van der Waals surface area (Å²) in [6.07, 6.45) is 0.488. The molecule has 0 saturated carbocycles. The van der Waals surface area contributed by atoms with E-state index in [9.17, 15) is 14.5 Å². The quantitative estimate of drug-likeness (QED) is 0.572.